The van der Waals surface area contributed by atoms with E-state index in [2.05, 4.69) is 23.5 Å². The molecule has 1 aliphatic heterocycles. The summed E-state index contributed by atoms with van der Waals surface area (Å²) in [5, 5.41) is 3.15. The fourth-order valence-corrected chi connectivity index (χ4v) is 1.06. The summed E-state index contributed by atoms with van der Waals surface area (Å²) in [4.78, 5) is 0. The number of fused-ring (bicyclic) bond motifs is 1. The van der Waals surface area contributed by atoms with E-state index in [9.17, 15) is 0 Å². The van der Waals surface area contributed by atoms with Crippen molar-refractivity contribution >= 4 is 11.8 Å². The number of anilines is 1. The number of nitrogens with one attached hydrogen (secondary N) is 1. The fourth-order valence-electron chi connectivity index (χ4n) is 1.06. The van der Waals surface area contributed by atoms with Crippen LogP contribution in [0.15, 0.2) is 30.3 Å². The molecular weight excluding hydrogens is 122 g/mol. The highest BCUT2D eigenvalue weighted by molar-refractivity contribution is 5.71. The molecule has 1 N–H and O–H groups in total. The molecule has 1 aliphatic rings. The van der Waals surface area contributed by atoms with Crippen LogP contribution in [0.2, 0.25) is 0 Å². The Morgan fingerprint density at radius 2 is 2.00 bits per heavy atom. The summed E-state index contributed by atoms with van der Waals surface area (Å²) in [6, 6.07) is 8.22. The van der Waals surface area contributed by atoms with Gasteiger partial charge in [-0.2, -0.15) is 0 Å². The molecule has 0 spiro atoms. The average Bonchev–Trinajstić information content (AvgIpc) is 2.05. The smallest absolute Gasteiger partial charge is 0.0685 e. The molecule has 0 amide bonds. The third-order valence-corrected chi connectivity index (χ3v) is 1.57. The Kier molecular flexibility index (Phi) is 1.21. The zero-order chi connectivity index (χ0) is 6.81. The lowest BCUT2D eigenvalue weighted by Crippen LogP contribution is -1.97. The highest BCUT2D eigenvalue weighted by Crippen LogP contribution is 2.20. The minimum absolute atomic E-state index is 1.19. The van der Waals surface area contributed by atoms with E-state index in [0.29, 0.717) is 0 Å². The van der Waals surface area contributed by atoms with Crippen LogP contribution in [0.25, 0.3) is 6.08 Å². The van der Waals surface area contributed by atoms with Crippen molar-refractivity contribution < 1.29 is 0 Å². The SMILES string of the molecule is [CH]1C=Cc2ccccc2N1. The molecule has 0 saturated heterocycles. The largest absolute Gasteiger partial charge is 0.376 e. The molecule has 10 heavy (non-hydrogen) atoms. The molecular formula is C9H8N. The maximum Gasteiger partial charge on any atom is 0.0685 e. The zero-order valence-electron chi connectivity index (χ0n) is 5.54. The molecule has 0 atom stereocenters. The van der Waals surface area contributed by atoms with Crippen molar-refractivity contribution in [3.63, 3.8) is 0 Å². The van der Waals surface area contributed by atoms with Crippen LogP contribution >= 0.6 is 0 Å². The third kappa shape index (κ3) is 0.798. The molecule has 0 fully saturated rings. The van der Waals surface area contributed by atoms with Gasteiger partial charge in [-0.15, -0.1) is 0 Å². The van der Waals surface area contributed by atoms with Crippen molar-refractivity contribution in [3.05, 3.63) is 42.4 Å². The molecule has 0 unspecified atom stereocenters. The van der Waals surface area contributed by atoms with Gasteiger partial charge in [0.15, 0.2) is 0 Å². The number of hydrogen-bond donors (Lipinski definition) is 1. The Labute approximate surface area is 60.4 Å². The summed E-state index contributed by atoms with van der Waals surface area (Å²) >= 11 is 0. The Bertz CT molecular complexity index is 263. The third-order valence-electron chi connectivity index (χ3n) is 1.57. The molecule has 1 aromatic rings. The maximum absolute atomic E-state index is 3.15. The topological polar surface area (TPSA) is 12.0 Å². The van der Waals surface area contributed by atoms with E-state index in [0.717, 1.165) is 0 Å². The second-order valence-electron chi connectivity index (χ2n) is 2.26. The Morgan fingerprint density at radius 3 is 2.90 bits per heavy atom. The molecule has 1 nitrogen and oxygen atoms in total. The second-order valence-corrected chi connectivity index (χ2v) is 2.26. The van der Waals surface area contributed by atoms with Crippen LogP contribution in [0.3, 0.4) is 0 Å². The van der Waals surface area contributed by atoms with Gasteiger partial charge in [0.25, 0.3) is 0 Å². The van der Waals surface area contributed by atoms with Crippen LogP contribution in [0, 0.1) is 6.54 Å². The van der Waals surface area contributed by atoms with Crippen LogP contribution in [0.1, 0.15) is 5.56 Å². The van der Waals surface area contributed by atoms with Gasteiger partial charge >= 0.3 is 0 Å². The van der Waals surface area contributed by atoms with Crippen LogP contribution in [-0.4, -0.2) is 0 Å². The van der Waals surface area contributed by atoms with Gasteiger partial charge in [-0.25, -0.2) is 0 Å². The lowest BCUT2D eigenvalue weighted by atomic mass is 10.1. The van der Waals surface area contributed by atoms with E-state index in [1.807, 2.05) is 24.8 Å². The average molecular weight is 130 g/mol. The van der Waals surface area contributed by atoms with E-state index in [1.54, 1.807) is 0 Å². The van der Waals surface area contributed by atoms with E-state index in [-0.39, 0.29) is 0 Å². The molecule has 1 heterocycles. The van der Waals surface area contributed by atoms with Crippen LogP contribution in [0.4, 0.5) is 5.69 Å². The lowest BCUT2D eigenvalue weighted by Gasteiger charge is -2.10. The highest BCUT2D eigenvalue weighted by Gasteiger charge is 1.99. The Hall–Kier alpha value is -1.24. The van der Waals surface area contributed by atoms with Gasteiger partial charge in [0.05, 0.1) is 6.54 Å². The first-order chi connectivity index (χ1) is 4.97. The number of benzene rings is 1. The molecule has 0 saturated carbocycles. The van der Waals surface area contributed by atoms with Crippen molar-refractivity contribution in [1.29, 1.82) is 0 Å². The summed E-state index contributed by atoms with van der Waals surface area (Å²) < 4.78 is 0. The normalized spacial score (nSPS) is 14.0. The van der Waals surface area contributed by atoms with Crippen molar-refractivity contribution in [2.75, 3.05) is 5.32 Å². The molecule has 49 valence electrons. The molecule has 0 bridgehead atoms. The molecule has 0 aliphatic carbocycles. The van der Waals surface area contributed by atoms with Crippen LogP contribution < -0.4 is 5.32 Å². The van der Waals surface area contributed by atoms with Gasteiger partial charge in [-0.1, -0.05) is 30.4 Å². The summed E-state index contributed by atoms with van der Waals surface area (Å²) in [6.45, 7) is 1.93. The summed E-state index contributed by atoms with van der Waals surface area (Å²) in [5.74, 6) is 0. The molecule has 1 radical (unpaired) electrons. The first-order valence-electron chi connectivity index (χ1n) is 3.32. The van der Waals surface area contributed by atoms with Crippen LogP contribution in [0.5, 0.6) is 0 Å². The standard InChI is InChI=1S/C9H8N/c1-2-6-9-8(4-1)5-3-7-10-9/h1-7,10H. The van der Waals surface area contributed by atoms with E-state index in [1.165, 1.54) is 11.3 Å². The predicted octanol–water partition coefficient (Wildman–Crippen LogP) is 2.29. The number of hydrogen-bond acceptors (Lipinski definition) is 1. The van der Waals surface area contributed by atoms with Crippen LogP contribution in [-0.2, 0) is 0 Å². The number of para-hydroxylation sites is 1. The quantitative estimate of drug-likeness (QED) is 0.568. The highest BCUT2D eigenvalue weighted by atomic mass is 14.9. The second kappa shape index (κ2) is 2.18. The minimum atomic E-state index is 1.19. The van der Waals surface area contributed by atoms with Gasteiger partial charge in [0.2, 0.25) is 0 Å². The monoisotopic (exact) mass is 130 g/mol. The van der Waals surface area contributed by atoms with E-state index in [4.69, 9.17) is 0 Å². The van der Waals surface area contributed by atoms with Gasteiger partial charge < -0.3 is 5.32 Å². The van der Waals surface area contributed by atoms with E-state index < -0.39 is 0 Å². The Balaban J connectivity index is 2.54. The first-order valence-corrected chi connectivity index (χ1v) is 3.32. The maximum atomic E-state index is 3.15. The predicted molar refractivity (Wildman–Crippen MR) is 43.4 cm³/mol. The molecule has 1 heteroatoms. The summed E-state index contributed by atoms with van der Waals surface area (Å²) in [6.07, 6.45) is 4.09. The van der Waals surface area contributed by atoms with E-state index >= 15 is 0 Å². The van der Waals surface area contributed by atoms with Crippen molar-refractivity contribution in [1.82, 2.24) is 0 Å². The van der Waals surface area contributed by atoms with Gasteiger partial charge in [-0.3, -0.25) is 0 Å². The van der Waals surface area contributed by atoms with Gasteiger partial charge in [0.1, 0.15) is 0 Å². The fraction of sp³-hybridized carbons (Fsp3) is 0. The molecule has 0 aromatic heterocycles. The lowest BCUT2D eigenvalue weighted by molar-refractivity contribution is 1.45. The molecule has 1 aromatic carbocycles. The van der Waals surface area contributed by atoms with Crippen molar-refractivity contribution in [3.8, 4) is 0 Å². The van der Waals surface area contributed by atoms with Gasteiger partial charge in [-0.05, 0) is 11.6 Å². The number of rotatable bonds is 0. The Morgan fingerprint density at radius 1 is 1.10 bits per heavy atom. The van der Waals surface area contributed by atoms with Crippen molar-refractivity contribution in [2.45, 2.75) is 0 Å². The molecule has 2 rings (SSSR count). The van der Waals surface area contributed by atoms with Crippen molar-refractivity contribution in [2.24, 2.45) is 0 Å². The minimum Gasteiger partial charge on any atom is -0.376 e. The van der Waals surface area contributed by atoms with Gasteiger partial charge in [0, 0.05) is 5.69 Å². The summed E-state index contributed by atoms with van der Waals surface area (Å²) in [5.41, 5.74) is 2.44. The zero-order valence-corrected chi connectivity index (χ0v) is 5.54. The summed E-state index contributed by atoms with van der Waals surface area (Å²) in [7, 11) is 0. The first kappa shape index (κ1) is 5.54.